The van der Waals surface area contributed by atoms with Crippen molar-refractivity contribution in [3.63, 3.8) is 0 Å². The van der Waals surface area contributed by atoms with E-state index in [0.29, 0.717) is 18.5 Å². The van der Waals surface area contributed by atoms with E-state index < -0.39 is 24.0 Å². The topological polar surface area (TPSA) is 92.3 Å². The highest BCUT2D eigenvalue weighted by atomic mass is 16.6. The fourth-order valence-corrected chi connectivity index (χ4v) is 3.04. The number of benzene rings is 2. The highest BCUT2D eigenvalue weighted by molar-refractivity contribution is 5.79. The van der Waals surface area contributed by atoms with Crippen molar-refractivity contribution in [2.24, 2.45) is 5.92 Å². The van der Waals surface area contributed by atoms with E-state index in [2.05, 4.69) is 9.97 Å². The number of carboxylic acid groups (broad SMARTS) is 1. The van der Waals surface area contributed by atoms with Crippen molar-refractivity contribution in [2.75, 3.05) is 0 Å². The molecule has 0 aliphatic carbocycles. The Morgan fingerprint density at radius 1 is 0.929 bits per heavy atom. The van der Waals surface area contributed by atoms with Gasteiger partial charge in [0.15, 0.2) is 0 Å². The second-order valence-electron chi connectivity index (χ2n) is 6.60. The molecular formula is C22H22N2O4. The SMILES string of the molecule is O=C(O[C@@H](Cc1c[nH]cn1)C(=O)O)C(Cc1ccccc1)Cc1ccccc1. The van der Waals surface area contributed by atoms with E-state index in [1.807, 2.05) is 60.7 Å². The molecule has 0 saturated carbocycles. The fourth-order valence-electron chi connectivity index (χ4n) is 3.04. The predicted molar refractivity (Wildman–Crippen MR) is 104 cm³/mol. The number of nitrogens with one attached hydrogen (secondary N) is 1. The van der Waals surface area contributed by atoms with Gasteiger partial charge in [0.1, 0.15) is 0 Å². The number of nitrogens with zero attached hydrogens (tertiary/aromatic N) is 1. The van der Waals surface area contributed by atoms with Crippen LogP contribution in [0.2, 0.25) is 0 Å². The summed E-state index contributed by atoms with van der Waals surface area (Å²) in [6.07, 6.45) is 2.75. The third-order valence-electron chi connectivity index (χ3n) is 4.47. The fraction of sp³-hybridized carbons (Fsp3) is 0.227. The molecule has 2 N–H and O–H groups in total. The molecule has 0 aliphatic rings. The molecular weight excluding hydrogens is 356 g/mol. The Kier molecular flexibility index (Phi) is 6.57. The lowest BCUT2D eigenvalue weighted by Crippen LogP contribution is -2.33. The Hall–Kier alpha value is -3.41. The third-order valence-corrected chi connectivity index (χ3v) is 4.47. The maximum atomic E-state index is 12.9. The van der Waals surface area contributed by atoms with Crippen molar-refractivity contribution in [2.45, 2.75) is 25.4 Å². The average molecular weight is 378 g/mol. The van der Waals surface area contributed by atoms with Crippen molar-refractivity contribution in [3.05, 3.63) is 90.0 Å². The molecule has 144 valence electrons. The molecule has 28 heavy (non-hydrogen) atoms. The second-order valence-corrected chi connectivity index (χ2v) is 6.60. The van der Waals surface area contributed by atoms with Crippen LogP contribution in [0.4, 0.5) is 0 Å². The van der Waals surface area contributed by atoms with E-state index in [9.17, 15) is 14.7 Å². The van der Waals surface area contributed by atoms with Crippen LogP contribution in [0.5, 0.6) is 0 Å². The highest BCUT2D eigenvalue weighted by Gasteiger charge is 2.28. The standard InChI is InChI=1S/C22H22N2O4/c25-21(26)20(13-19-14-23-15-24-19)28-22(27)18(11-16-7-3-1-4-8-16)12-17-9-5-2-6-10-17/h1-10,14-15,18,20H,11-13H2,(H,23,24)(H,25,26)/t20-/m0/s1. The van der Waals surface area contributed by atoms with Crippen molar-refractivity contribution < 1.29 is 19.4 Å². The summed E-state index contributed by atoms with van der Waals surface area (Å²) in [7, 11) is 0. The number of ether oxygens (including phenoxy) is 1. The zero-order valence-corrected chi connectivity index (χ0v) is 15.3. The normalized spacial score (nSPS) is 11.9. The minimum atomic E-state index is -1.27. The molecule has 0 spiro atoms. The van der Waals surface area contributed by atoms with Crippen LogP contribution in [0.3, 0.4) is 0 Å². The van der Waals surface area contributed by atoms with E-state index in [1.165, 1.54) is 6.33 Å². The summed E-state index contributed by atoms with van der Waals surface area (Å²) >= 11 is 0. The molecule has 0 amide bonds. The monoisotopic (exact) mass is 378 g/mol. The van der Waals surface area contributed by atoms with Gasteiger partial charge in [0.05, 0.1) is 17.9 Å². The number of carbonyl (C=O) groups excluding carboxylic acids is 1. The minimum Gasteiger partial charge on any atom is -0.478 e. The first kappa shape index (κ1) is 19.4. The number of imidazole rings is 1. The highest BCUT2D eigenvalue weighted by Crippen LogP contribution is 2.18. The number of carbonyl (C=O) groups is 2. The van der Waals surface area contributed by atoms with Crippen LogP contribution in [0.1, 0.15) is 16.8 Å². The van der Waals surface area contributed by atoms with E-state index >= 15 is 0 Å². The van der Waals surface area contributed by atoms with Crippen molar-refractivity contribution in [3.8, 4) is 0 Å². The molecule has 2 aromatic carbocycles. The van der Waals surface area contributed by atoms with Crippen LogP contribution >= 0.6 is 0 Å². The molecule has 1 heterocycles. The number of hydrogen-bond donors (Lipinski definition) is 2. The first-order chi connectivity index (χ1) is 13.6. The van der Waals surface area contributed by atoms with Crippen LogP contribution in [-0.4, -0.2) is 33.1 Å². The lowest BCUT2D eigenvalue weighted by molar-refractivity contribution is -0.166. The van der Waals surface area contributed by atoms with Gasteiger partial charge in [0.2, 0.25) is 6.10 Å². The number of carboxylic acids is 1. The smallest absolute Gasteiger partial charge is 0.345 e. The van der Waals surface area contributed by atoms with Gasteiger partial charge in [-0.1, -0.05) is 60.7 Å². The molecule has 0 saturated heterocycles. The Morgan fingerprint density at radius 3 is 1.96 bits per heavy atom. The zero-order chi connectivity index (χ0) is 19.8. The Bertz CT molecular complexity index is 838. The predicted octanol–water partition coefficient (Wildman–Crippen LogP) is 3.05. The van der Waals surface area contributed by atoms with Gasteiger partial charge in [-0.3, -0.25) is 4.79 Å². The van der Waals surface area contributed by atoms with Crippen LogP contribution < -0.4 is 0 Å². The third kappa shape index (κ3) is 5.54. The van der Waals surface area contributed by atoms with Gasteiger partial charge in [0, 0.05) is 12.6 Å². The molecule has 3 aromatic rings. The summed E-state index contributed by atoms with van der Waals surface area (Å²) in [6, 6.07) is 19.3. The molecule has 0 fully saturated rings. The number of aromatic nitrogens is 2. The summed E-state index contributed by atoms with van der Waals surface area (Å²) in [4.78, 5) is 31.3. The van der Waals surface area contributed by atoms with E-state index in [1.54, 1.807) is 6.20 Å². The molecule has 0 radical (unpaired) electrons. The summed E-state index contributed by atoms with van der Waals surface area (Å²) in [6.45, 7) is 0. The summed E-state index contributed by atoms with van der Waals surface area (Å²) in [5.41, 5.74) is 2.53. The number of hydrogen-bond acceptors (Lipinski definition) is 4. The van der Waals surface area contributed by atoms with Crippen LogP contribution in [0.25, 0.3) is 0 Å². The summed E-state index contributed by atoms with van der Waals surface area (Å²) in [5, 5.41) is 9.47. The summed E-state index contributed by atoms with van der Waals surface area (Å²) in [5.74, 6) is -2.18. The molecule has 0 bridgehead atoms. The van der Waals surface area contributed by atoms with Gasteiger partial charge < -0.3 is 14.8 Å². The first-order valence-corrected chi connectivity index (χ1v) is 9.10. The quantitative estimate of drug-likeness (QED) is 0.558. The van der Waals surface area contributed by atoms with Gasteiger partial charge in [-0.25, -0.2) is 9.78 Å². The molecule has 1 atom stereocenters. The van der Waals surface area contributed by atoms with Crippen molar-refractivity contribution in [1.29, 1.82) is 0 Å². The molecule has 6 nitrogen and oxygen atoms in total. The van der Waals surface area contributed by atoms with Crippen LogP contribution in [0.15, 0.2) is 73.2 Å². The minimum absolute atomic E-state index is 0.0218. The zero-order valence-electron chi connectivity index (χ0n) is 15.3. The van der Waals surface area contributed by atoms with E-state index in [4.69, 9.17) is 4.74 Å². The van der Waals surface area contributed by atoms with Crippen molar-refractivity contribution in [1.82, 2.24) is 9.97 Å². The van der Waals surface area contributed by atoms with Gasteiger partial charge in [-0.05, 0) is 24.0 Å². The van der Waals surface area contributed by atoms with Gasteiger partial charge >= 0.3 is 11.9 Å². The molecule has 0 aliphatic heterocycles. The lowest BCUT2D eigenvalue weighted by atomic mass is 9.92. The van der Waals surface area contributed by atoms with Crippen molar-refractivity contribution >= 4 is 11.9 Å². The molecule has 6 heteroatoms. The second kappa shape index (κ2) is 9.50. The molecule has 0 unspecified atom stereocenters. The van der Waals surface area contributed by atoms with Gasteiger partial charge in [-0.15, -0.1) is 0 Å². The number of rotatable bonds is 9. The maximum absolute atomic E-state index is 12.9. The average Bonchev–Trinajstić information content (AvgIpc) is 3.21. The van der Waals surface area contributed by atoms with Crippen LogP contribution in [-0.2, 0) is 33.6 Å². The van der Waals surface area contributed by atoms with Crippen LogP contribution in [0, 0.1) is 5.92 Å². The Balaban J connectivity index is 1.75. The number of aromatic amines is 1. The van der Waals surface area contributed by atoms with Gasteiger partial charge in [-0.2, -0.15) is 0 Å². The van der Waals surface area contributed by atoms with E-state index in [0.717, 1.165) is 11.1 Å². The lowest BCUT2D eigenvalue weighted by Gasteiger charge is -2.19. The summed E-state index contributed by atoms with van der Waals surface area (Å²) < 4.78 is 5.40. The first-order valence-electron chi connectivity index (χ1n) is 9.10. The number of esters is 1. The Morgan fingerprint density at radius 2 is 1.50 bits per heavy atom. The number of H-pyrrole nitrogens is 1. The van der Waals surface area contributed by atoms with Gasteiger partial charge in [0.25, 0.3) is 0 Å². The van der Waals surface area contributed by atoms with E-state index in [-0.39, 0.29) is 6.42 Å². The maximum Gasteiger partial charge on any atom is 0.345 e. The Labute approximate surface area is 163 Å². The largest absolute Gasteiger partial charge is 0.478 e. The number of aliphatic carboxylic acids is 1. The molecule has 1 aromatic heterocycles. The molecule has 3 rings (SSSR count).